The van der Waals surface area contributed by atoms with Crippen molar-refractivity contribution in [1.82, 2.24) is 9.97 Å². The highest BCUT2D eigenvalue weighted by atomic mass is 16.5. The Morgan fingerprint density at radius 3 is 2.63 bits per heavy atom. The quantitative estimate of drug-likeness (QED) is 0.855. The lowest BCUT2D eigenvalue weighted by Crippen LogP contribution is -2.28. The molecule has 0 bridgehead atoms. The van der Waals surface area contributed by atoms with Crippen molar-refractivity contribution in [3.05, 3.63) is 11.4 Å². The molecule has 2 heterocycles. The second-order valence-electron chi connectivity index (χ2n) is 5.08. The maximum atomic E-state index is 5.59. The molecule has 2 rings (SSSR count). The minimum atomic E-state index is 0.238. The monoisotopic (exact) mass is 264 g/mol. The molecule has 1 aromatic rings. The van der Waals surface area contributed by atoms with Crippen LogP contribution in [0.25, 0.3) is 0 Å². The molecular formula is C14H24N4O. The zero-order chi connectivity index (χ0) is 13.8. The van der Waals surface area contributed by atoms with Crippen LogP contribution in [-0.4, -0.2) is 35.8 Å². The summed E-state index contributed by atoms with van der Waals surface area (Å²) in [6.07, 6.45) is 3.22. The highest BCUT2D eigenvalue weighted by molar-refractivity contribution is 5.57. The average Bonchev–Trinajstić information content (AvgIpc) is 2.79. The summed E-state index contributed by atoms with van der Waals surface area (Å²) < 4.78 is 5.59. The molecule has 0 saturated carbocycles. The number of hydrogen-bond donors (Lipinski definition) is 2. The minimum Gasteiger partial charge on any atom is -0.376 e. The summed E-state index contributed by atoms with van der Waals surface area (Å²) >= 11 is 0. The Labute approximate surface area is 115 Å². The normalized spacial score (nSPS) is 22.5. The van der Waals surface area contributed by atoms with Crippen LogP contribution in [0.5, 0.6) is 0 Å². The van der Waals surface area contributed by atoms with Gasteiger partial charge in [-0.3, -0.25) is 0 Å². The third-order valence-corrected chi connectivity index (χ3v) is 3.60. The summed E-state index contributed by atoms with van der Waals surface area (Å²) in [5.74, 6) is 2.74. The van der Waals surface area contributed by atoms with Gasteiger partial charge in [0.1, 0.15) is 17.5 Å². The summed E-state index contributed by atoms with van der Waals surface area (Å²) in [6, 6.07) is 0.341. The molecule has 1 aromatic heterocycles. The largest absolute Gasteiger partial charge is 0.376 e. The molecule has 2 atom stereocenters. The molecule has 5 nitrogen and oxygen atoms in total. The van der Waals surface area contributed by atoms with Crippen molar-refractivity contribution in [2.75, 3.05) is 24.3 Å². The first-order valence-corrected chi connectivity index (χ1v) is 7.09. The van der Waals surface area contributed by atoms with Gasteiger partial charge in [0, 0.05) is 25.6 Å². The van der Waals surface area contributed by atoms with E-state index >= 15 is 0 Å². The number of nitrogens with one attached hydrogen (secondary N) is 2. The van der Waals surface area contributed by atoms with E-state index in [1.165, 1.54) is 0 Å². The Morgan fingerprint density at radius 2 is 2.05 bits per heavy atom. The van der Waals surface area contributed by atoms with E-state index in [0.29, 0.717) is 6.04 Å². The first-order chi connectivity index (χ1) is 9.15. The molecule has 2 N–H and O–H groups in total. The number of nitrogens with zero attached hydrogens (tertiary/aromatic N) is 2. The van der Waals surface area contributed by atoms with Crippen LogP contribution in [0.15, 0.2) is 0 Å². The highest BCUT2D eigenvalue weighted by Crippen LogP contribution is 2.24. The van der Waals surface area contributed by atoms with E-state index < -0.39 is 0 Å². The molecule has 1 aliphatic rings. The van der Waals surface area contributed by atoms with Crippen molar-refractivity contribution < 1.29 is 4.74 Å². The average molecular weight is 264 g/mol. The lowest BCUT2D eigenvalue weighted by atomic mass is 10.1. The van der Waals surface area contributed by atoms with Crippen LogP contribution in [0.1, 0.15) is 38.1 Å². The number of ether oxygens (including phenoxy) is 1. The summed E-state index contributed by atoms with van der Waals surface area (Å²) in [4.78, 5) is 9.19. The maximum absolute atomic E-state index is 5.59. The maximum Gasteiger partial charge on any atom is 0.135 e. The SMILES string of the molecule is CCCc1nc(NC)c(C)c(NC2CCOC2C)n1. The number of rotatable bonds is 5. The van der Waals surface area contributed by atoms with Gasteiger partial charge in [-0.15, -0.1) is 0 Å². The Bertz CT molecular complexity index is 436. The molecule has 1 saturated heterocycles. The molecule has 1 fully saturated rings. The lowest BCUT2D eigenvalue weighted by molar-refractivity contribution is 0.121. The second-order valence-corrected chi connectivity index (χ2v) is 5.08. The molecule has 5 heteroatoms. The number of anilines is 2. The zero-order valence-corrected chi connectivity index (χ0v) is 12.3. The van der Waals surface area contributed by atoms with Crippen LogP contribution in [0.4, 0.5) is 11.6 Å². The van der Waals surface area contributed by atoms with Crippen LogP contribution in [0.2, 0.25) is 0 Å². The van der Waals surface area contributed by atoms with Crippen molar-refractivity contribution in [1.29, 1.82) is 0 Å². The molecular weight excluding hydrogens is 240 g/mol. The molecule has 2 unspecified atom stereocenters. The van der Waals surface area contributed by atoms with Gasteiger partial charge in [-0.05, 0) is 26.7 Å². The second kappa shape index (κ2) is 6.19. The van der Waals surface area contributed by atoms with Gasteiger partial charge in [-0.2, -0.15) is 0 Å². The van der Waals surface area contributed by atoms with E-state index in [4.69, 9.17) is 4.74 Å². The van der Waals surface area contributed by atoms with Crippen molar-refractivity contribution >= 4 is 11.6 Å². The molecule has 0 amide bonds. The summed E-state index contributed by atoms with van der Waals surface area (Å²) in [7, 11) is 1.90. The van der Waals surface area contributed by atoms with Crippen LogP contribution < -0.4 is 10.6 Å². The van der Waals surface area contributed by atoms with E-state index in [1.54, 1.807) is 0 Å². The predicted molar refractivity (Wildman–Crippen MR) is 77.8 cm³/mol. The van der Waals surface area contributed by atoms with E-state index in [-0.39, 0.29) is 6.10 Å². The third-order valence-electron chi connectivity index (χ3n) is 3.60. The Hall–Kier alpha value is -1.36. The van der Waals surface area contributed by atoms with Gasteiger partial charge in [-0.1, -0.05) is 6.92 Å². The van der Waals surface area contributed by atoms with Gasteiger partial charge in [0.2, 0.25) is 0 Å². The first-order valence-electron chi connectivity index (χ1n) is 7.09. The fourth-order valence-electron chi connectivity index (χ4n) is 2.38. The number of hydrogen-bond acceptors (Lipinski definition) is 5. The standard InChI is InChI=1S/C14H24N4O/c1-5-6-12-17-13(15-4)9(2)14(18-12)16-11-7-8-19-10(11)3/h10-11H,5-8H2,1-4H3,(H2,15,16,17,18). The van der Waals surface area contributed by atoms with E-state index in [2.05, 4.69) is 34.4 Å². The Balaban J connectivity index is 2.24. The van der Waals surface area contributed by atoms with Crippen LogP contribution in [0.3, 0.4) is 0 Å². The molecule has 0 radical (unpaired) electrons. The fourth-order valence-corrected chi connectivity index (χ4v) is 2.38. The molecule has 106 valence electrons. The molecule has 0 spiro atoms. The summed E-state index contributed by atoms with van der Waals surface area (Å²) in [5.41, 5.74) is 1.07. The van der Waals surface area contributed by atoms with E-state index in [1.807, 2.05) is 14.0 Å². The lowest BCUT2D eigenvalue weighted by Gasteiger charge is -2.19. The summed E-state index contributed by atoms with van der Waals surface area (Å²) in [5, 5.41) is 6.66. The van der Waals surface area contributed by atoms with Crippen molar-refractivity contribution in [2.24, 2.45) is 0 Å². The van der Waals surface area contributed by atoms with Crippen LogP contribution in [0, 0.1) is 6.92 Å². The first kappa shape index (κ1) is 14.1. The van der Waals surface area contributed by atoms with Crippen molar-refractivity contribution in [3.8, 4) is 0 Å². The van der Waals surface area contributed by atoms with E-state index in [0.717, 1.165) is 48.9 Å². The van der Waals surface area contributed by atoms with Gasteiger partial charge in [0.05, 0.1) is 12.1 Å². The van der Waals surface area contributed by atoms with Gasteiger partial charge < -0.3 is 15.4 Å². The van der Waals surface area contributed by atoms with Crippen molar-refractivity contribution in [3.63, 3.8) is 0 Å². The van der Waals surface area contributed by atoms with Crippen LogP contribution in [-0.2, 0) is 11.2 Å². The van der Waals surface area contributed by atoms with Gasteiger partial charge in [0.25, 0.3) is 0 Å². The fraction of sp³-hybridized carbons (Fsp3) is 0.714. The van der Waals surface area contributed by atoms with Gasteiger partial charge in [0.15, 0.2) is 0 Å². The smallest absolute Gasteiger partial charge is 0.135 e. The molecule has 0 aromatic carbocycles. The minimum absolute atomic E-state index is 0.238. The predicted octanol–water partition coefficient (Wildman–Crippen LogP) is 2.37. The molecule has 0 aliphatic carbocycles. The van der Waals surface area contributed by atoms with Gasteiger partial charge in [-0.25, -0.2) is 9.97 Å². The zero-order valence-electron chi connectivity index (χ0n) is 12.3. The molecule has 19 heavy (non-hydrogen) atoms. The Morgan fingerprint density at radius 1 is 1.32 bits per heavy atom. The number of aryl methyl sites for hydroxylation is 1. The third kappa shape index (κ3) is 3.15. The summed E-state index contributed by atoms with van der Waals surface area (Å²) in [6.45, 7) is 7.11. The van der Waals surface area contributed by atoms with Gasteiger partial charge >= 0.3 is 0 Å². The molecule has 1 aliphatic heterocycles. The number of aromatic nitrogens is 2. The van der Waals surface area contributed by atoms with Crippen molar-refractivity contribution in [2.45, 2.75) is 52.2 Å². The topological polar surface area (TPSA) is 59.1 Å². The Kier molecular flexibility index (Phi) is 4.58. The highest BCUT2D eigenvalue weighted by Gasteiger charge is 2.25. The van der Waals surface area contributed by atoms with Crippen LogP contribution >= 0.6 is 0 Å². The van der Waals surface area contributed by atoms with E-state index in [9.17, 15) is 0 Å².